The van der Waals surface area contributed by atoms with Crippen molar-refractivity contribution in [3.63, 3.8) is 0 Å². The van der Waals surface area contributed by atoms with E-state index >= 15 is 0 Å². The Morgan fingerprint density at radius 3 is 2.62 bits per heavy atom. The molecule has 0 aliphatic carbocycles. The van der Waals surface area contributed by atoms with Gasteiger partial charge in [-0.15, -0.1) is 5.10 Å². The van der Waals surface area contributed by atoms with E-state index in [0.29, 0.717) is 23.5 Å². The van der Waals surface area contributed by atoms with Crippen molar-refractivity contribution in [1.29, 1.82) is 0 Å². The Labute approximate surface area is 166 Å². The largest absolute Gasteiger partial charge is 0.497 e. The summed E-state index contributed by atoms with van der Waals surface area (Å²) in [6.45, 7) is 1.80. The second kappa shape index (κ2) is 9.01. The molecule has 0 saturated carbocycles. The third-order valence-corrected chi connectivity index (χ3v) is 4.11. The fraction of sp³-hybridized carbons (Fsp3) is 0.190. The maximum Gasteiger partial charge on any atom is 0.271 e. The van der Waals surface area contributed by atoms with E-state index in [1.165, 1.54) is 36.4 Å². The van der Waals surface area contributed by atoms with Gasteiger partial charge in [-0.3, -0.25) is 9.59 Å². The highest BCUT2D eigenvalue weighted by Gasteiger charge is 2.20. The molecule has 0 aliphatic heterocycles. The maximum atomic E-state index is 13.1. The minimum absolute atomic E-state index is 0.0987. The van der Waals surface area contributed by atoms with Crippen LogP contribution in [-0.2, 0) is 4.79 Å². The number of hydrogen-bond donors (Lipinski definition) is 1. The fourth-order valence-corrected chi connectivity index (χ4v) is 2.62. The normalized spacial score (nSPS) is 11.6. The number of aromatic nitrogens is 2. The van der Waals surface area contributed by atoms with Crippen molar-refractivity contribution in [2.75, 3.05) is 12.4 Å². The number of benzene rings is 2. The van der Waals surface area contributed by atoms with E-state index < -0.39 is 17.5 Å². The molecule has 0 spiro atoms. The molecule has 0 unspecified atom stereocenters. The summed E-state index contributed by atoms with van der Waals surface area (Å²) in [5, 5.41) is 6.91. The van der Waals surface area contributed by atoms with E-state index in [1.807, 2.05) is 0 Å². The van der Waals surface area contributed by atoms with Crippen LogP contribution in [0.2, 0.25) is 0 Å². The molecule has 7 nitrogen and oxygen atoms in total. The zero-order valence-electron chi connectivity index (χ0n) is 16.0. The summed E-state index contributed by atoms with van der Waals surface area (Å²) in [6, 6.07) is 14.9. The number of nitrogens with zero attached hydrogens (tertiary/aromatic N) is 2. The quantitative estimate of drug-likeness (QED) is 0.662. The van der Waals surface area contributed by atoms with Crippen LogP contribution in [-0.4, -0.2) is 28.9 Å². The van der Waals surface area contributed by atoms with Crippen LogP contribution in [0.4, 0.5) is 10.1 Å². The first-order valence-corrected chi connectivity index (χ1v) is 8.98. The molecule has 0 bridgehead atoms. The molecule has 1 heterocycles. The second-order valence-electron chi connectivity index (χ2n) is 6.13. The van der Waals surface area contributed by atoms with Crippen LogP contribution in [0.25, 0.3) is 5.69 Å². The van der Waals surface area contributed by atoms with Crippen LogP contribution in [0.1, 0.15) is 13.3 Å². The van der Waals surface area contributed by atoms with Gasteiger partial charge in [0.15, 0.2) is 6.10 Å². The first-order valence-electron chi connectivity index (χ1n) is 8.98. The van der Waals surface area contributed by atoms with Crippen LogP contribution < -0.4 is 20.3 Å². The number of rotatable bonds is 7. The minimum Gasteiger partial charge on any atom is -0.497 e. The van der Waals surface area contributed by atoms with E-state index in [0.717, 1.165) is 4.68 Å². The number of ether oxygens (including phenoxy) is 2. The molecule has 0 saturated heterocycles. The summed E-state index contributed by atoms with van der Waals surface area (Å²) in [4.78, 5) is 24.7. The summed E-state index contributed by atoms with van der Waals surface area (Å²) >= 11 is 0. The molecule has 1 N–H and O–H groups in total. The first kappa shape index (κ1) is 20.1. The molecule has 1 aromatic heterocycles. The summed E-state index contributed by atoms with van der Waals surface area (Å²) in [5.74, 6) is -0.0667. The lowest BCUT2D eigenvalue weighted by atomic mass is 10.2. The van der Waals surface area contributed by atoms with Crippen molar-refractivity contribution in [2.24, 2.45) is 0 Å². The van der Waals surface area contributed by atoms with Crippen LogP contribution in [0.5, 0.6) is 11.6 Å². The Hall–Kier alpha value is -3.68. The highest BCUT2D eigenvalue weighted by Crippen LogP contribution is 2.18. The zero-order chi connectivity index (χ0) is 20.8. The van der Waals surface area contributed by atoms with Gasteiger partial charge in [0.1, 0.15) is 11.6 Å². The monoisotopic (exact) mass is 397 g/mol. The number of anilines is 1. The standard InChI is InChI=1S/C21H20FN3O4/c1-3-18(21(27)23-15-5-4-6-17(13-15)28-2)29-19-11-12-20(26)25(24-19)16-9-7-14(22)8-10-16/h4-13,18H,3H2,1-2H3,(H,23,27)/t18-/m1/s1. The summed E-state index contributed by atoms with van der Waals surface area (Å²) < 4.78 is 25.1. The average Bonchev–Trinajstić information content (AvgIpc) is 2.73. The van der Waals surface area contributed by atoms with E-state index in [-0.39, 0.29) is 11.8 Å². The van der Waals surface area contributed by atoms with Crippen molar-refractivity contribution >= 4 is 11.6 Å². The molecule has 29 heavy (non-hydrogen) atoms. The van der Waals surface area contributed by atoms with E-state index in [9.17, 15) is 14.0 Å². The predicted octanol–water partition coefficient (Wildman–Crippen LogP) is 3.18. The van der Waals surface area contributed by atoms with Crippen molar-refractivity contribution < 1.29 is 18.7 Å². The van der Waals surface area contributed by atoms with Gasteiger partial charge < -0.3 is 14.8 Å². The third kappa shape index (κ3) is 4.98. The number of halogens is 1. The van der Waals surface area contributed by atoms with Gasteiger partial charge in [0, 0.05) is 23.9 Å². The lowest BCUT2D eigenvalue weighted by Gasteiger charge is -2.17. The van der Waals surface area contributed by atoms with Gasteiger partial charge in [-0.2, -0.15) is 4.68 Å². The van der Waals surface area contributed by atoms with Gasteiger partial charge >= 0.3 is 0 Å². The van der Waals surface area contributed by atoms with Crippen molar-refractivity contribution in [2.45, 2.75) is 19.4 Å². The zero-order valence-corrected chi connectivity index (χ0v) is 16.0. The van der Waals surface area contributed by atoms with Crippen LogP contribution in [0.3, 0.4) is 0 Å². The van der Waals surface area contributed by atoms with Crippen LogP contribution in [0.15, 0.2) is 65.5 Å². The SMILES string of the molecule is CC[C@@H](Oc1ccc(=O)n(-c2ccc(F)cc2)n1)C(=O)Nc1cccc(OC)c1. The lowest BCUT2D eigenvalue weighted by molar-refractivity contribution is -0.123. The summed E-state index contributed by atoms with van der Waals surface area (Å²) in [5.41, 5.74) is 0.550. The Kier molecular flexibility index (Phi) is 6.23. The molecule has 3 rings (SSSR count). The summed E-state index contributed by atoms with van der Waals surface area (Å²) in [6.07, 6.45) is -0.444. The molecule has 1 atom stereocenters. The second-order valence-corrected chi connectivity index (χ2v) is 6.13. The highest BCUT2D eigenvalue weighted by atomic mass is 19.1. The highest BCUT2D eigenvalue weighted by molar-refractivity contribution is 5.94. The number of methoxy groups -OCH3 is 1. The molecule has 8 heteroatoms. The van der Waals surface area contributed by atoms with Crippen LogP contribution >= 0.6 is 0 Å². The fourth-order valence-electron chi connectivity index (χ4n) is 2.62. The Bertz CT molecular complexity index is 1050. The Balaban J connectivity index is 1.78. The van der Waals surface area contributed by atoms with Gasteiger partial charge in [0.2, 0.25) is 5.88 Å². The summed E-state index contributed by atoms with van der Waals surface area (Å²) in [7, 11) is 1.54. The molecule has 0 radical (unpaired) electrons. The van der Waals surface area contributed by atoms with Gasteiger partial charge in [0.25, 0.3) is 11.5 Å². The van der Waals surface area contributed by atoms with Crippen molar-refractivity contribution in [3.8, 4) is 17.3 Å². The number of carbonyl (C=O) groups excluding carboxylic acids is 1. The van der Waals surface area contributed by atoms with E-state index in [1.54, 1.807) is 38.3 Å². The Morgan fingerprint density at radius 2 is 1.93 bits per heavy atom. The molecule has 0 aliphatic rings. The van der Waals surface area contributed by atoms with Crippen molar-refractivity contribution in [3.05, 3.63) is 76.8 Å². The average molecular weight is 397 g/mol. The number of nitrogens with one attached hydrogen (secondary N) is 1. The predicted molar refractivity (Wildman–Crippen MR) is 106 cm³/mol. The molecule has 150 valence electrons. The van der Waals surface area contributed by atoms with Crippen molar-refractivity contribution in [1.82, 2.24) is 9.78 Å². The molecule has 1 amide bonds. The van der Waals surface area contributed by atoms with E-state index in [4.69, 9.17) is 9.47 Å². The molecule has 3 aromatic rings. The smallest absolute Gasteiger partial charge is 0.271 e. The maximum absolute atomic E-state index is 13.1. The molecular weight excluding hydrogens is 377 g/mol. The van der Waals surface area contributed by atoms with E-state index in [2.05, 4.69) is 10.4 Å². The van der Waals surface area contributed by atoms with Gasteiger partial charge in [0.05, 0.1) is 12.8 Å². The Morgan fingerprint density at radius 1 is 1.17 bits per heavy atom. The number of carbonyl (C=O) groups is 1. The number of hydrogen-bond acceptors (Lipinski definition) is 5. The number of amides is 1. The van der Waals surface area contributed by atoms with Crippen LogP contribution in [0, 0.1) is 5.82 Å². The molecule has 2 aromatic carbocycles. The molecular formula is C21H20FN3O4. The first-order chi connectivity index (χ1) is 14.0. The van der Waals surface area contributed by atoms with Gasteiger partial charge in [-0.25, -0.2) is 4.39 Å². The third-order valence-electron chi connectivity index (χ3n) is 4.11. The molecule has 0 fully saturated rings. The lowest BCUT2D eigenvalue weighted by Crippen LogP contribution is -2.33. The minimum atomic E-state index is -0.826. The van der Waals surface area contributed by atoms with Gasteiger partial charge in [-0.1, -0.05) is 13.0 Å². The topological polar surface area (TPSA) is 82.5 Å². The van der Waals surface area contributed by atoms with Gasteiger partial charge in [-0.05, 0) is 42.8 Å².